The fourth-order valence-corrected chi connectivity index (χ4v) is 2.40. The van der Waals surface area contributed by atoms with Gasteiger partial charge in [-0.15, -0.1) is 0 Å². The van der Waals surface area contributed by atoms with E-state index < -0.39 is 5.97 Å². The number of aliphatic carboxylic acids is 1. The number of aryl methyl sites for hydroxylation is 1. The summed E-state index contributed by atoms with van der Waals surface area (Å²) in [6.45, 7) is 0. The second-order valence-electron chi connectivity index (χ2n) is 5.52. The first-order valence-electron chi connectivity index (χ1n) is 7.80. The molecule has 24 heavy (non-hydrogen) atoms. The van der Waals surface area contributed by atoms with Crippen molar-refractivity contribution >= 4 is 17.6 Å². The summed E-state index contributed by atoms with van der Waals surface area (Å²) in [5.74, 6) is -0.147. The van der Waals surface area contributed by atoms with E-state index in [9.17, 15) is 9.59 Å². The molecule has 0 spiro atoms. The molecule has 0 saturated carbocycles. The van der Waals surface area contributed by atoms with Gasteiger partial charge in [-0.05, 0) is 48.2 Å². The summed E-state index contributed by atoms with van der Waals surface area (Å²) in [6.07, 6.45) is 1.92. The average Bonchev–Trinajstić information content (AvgIpc) is 2.55. The molecule has 0 heterocycles. The van der Waals surface area contributed by atoms with Crippen molar-refractivity contribution in [1.29, 1.82) is 0 Å². The minimum Gasteiger partial charge on any atom is -0.497 e. The van der Waals surface area contributed by atoms with Crippen molar-refractivity contribution in [2.24, 2.45) is 0 Å². The van der Waals surface area contributed by atoms with Crippen molar-refractivity contribution < 1.29 is 19.4 Å². The fraction of sp³-hybridized carbons (Fsp3) is 0.263. The van der Waals surface area contributed by atoms with Gasteiger partial charge in [-0.3, -0.25) is 9.59 Å². The molecule has 0 unspecified atom stereocenters. The maximum atomic E-state index is 12.0. The van der Waals surface area contributed by atoms with E-state index in [4.69, 9.17) is 9.84 Å². The highest BCUT2D eigenvalue weighted by molar-refractivity contribution is 5.90. The first-order valence-corrected chi connectivity index (χ1v) is 7.80. The summed E-state index contributed by atoms with van der Waals surface area (Å²) < 4.78 is 5.11. The SMILES string of the molecule is COc1ccc(CCCC(=O)Nc2cccc(CC(=O)O)c2)cc1. The van der Waals surface area contributed by atoms with Gasteiger partial charge in [0.25, 0.3) is 0 Å². The number of carbonyl (C=O) groups excluding carboxylic acids is 1. The topological polar surface area (TPSA) is 75.6 Å². The Hall–Kier alpha value is -2.82. The van der Waals surface area contributed by atoms with Crippen LogP contribution < -0.4 is 10.1 Å². The molecule has 0 fully saturated rings. The van der Waals surface area contributed by atoms with Crippen LogP contribution in [0.4, 0.5) is 5.69 Å². The van der Waals surface area contributed by atoms with Crippen molar-refractivity contribution in [3.63, 3.8) is 0 Å². The molecule has 0 radical (unpaired) electrons. The summed E-state index contributed by atoms with van der Waals surface area (Å²) in [5.41, 5.74) is 2.45. The van der Waals surface area contributed by atoms with Gasteiger partial charge in [0.15, 0.2) is 0 Å². The molecule has 0 saturated heterocycles. The highest BCUT2D eigenvalue weighted by atomic mass is 16.5. The predicted molar refractivity (Wildman–Crippen MR) is 92.3 cm³/mol. The van der Waals surface area contributed by atoms with Crippen molar-refractivity contribution in [3.8, 4) is 5.75 Å². The number of anilines is 1. The maximum absolute atomic E-state index is 12.0. The smallest absolute Gasteiger partial charge is 0.307 e. The number of rotatable bonds is 8. The van der Waals surface area contributed by atoms with E-state index in [1.54, 1.807) is 31.4 Å². The number of carboxylic acid groups (broad SMARTS) is 1. The molecule has 126 valence electrons. The number of carbonyl (C=O) groups is 2. The third kappa shape index (κ3) is 5.76. The van der Waals surface area contributed by atoms with Gasteiger partial charge in [-0.1, -0.05) is 24.3 Å². The molecule has 1 amide bonds. The van der Waals surface area contributed by atoms with Gasteiger partial charge in [-0.25, -0.2) is 0 Å². The lowest BCUT2D eigenvalue weighted by atomic mass is 10.1. The third-order valence-corrected chi connectivity index (χ3v) is 3.59. The molecule has 0 aliphatic heterocycles. The molecular weight excluding hydrogens is 306 g/mol. The predicted octanol–water partition coefficient (Wildman–Crippen LogP) is 3.28. The van der Waals surface area contributed by atoms with Gasteiger partial charge in [0.05, 0.1) is 13.5 Å². The minimum atomic E-state index is -0.891. The molecule has 2 rings (SSSR count). The average molecular weight is 327 g/mol. The molecule has 2 aromatic rings. The quantitative estimate of drug-likeness (QED) is 0.780. The van der Waals surface area contributed by atoms with Crippen LogP contribution in [-0.2, 0) is 22.4 Å². The number of nitrogens with one attached hydrogen (secondary N) is 1. The molecule has 0 aliphatic rings. The zero-order valence-electron chi connectivity index (χ0n) is 13.6. The van der Waals surface area contributed by atoms with Crippen molar-refractivity contribution in [2.45, 2.75) is 25.7 Å². The Morgan fingerprint density at radius 1 is 1.08 bits per heavy atom. The molecule has 2 aromatic carbocycles. The van der Waals surface area contributed by atoms with E-state index in [1.165, 1.54) is 0 Å². The Labute approximate surface area is 141 Å². The maximum Gasteiger partial charge on any atom is 0.307 e. The molecule has 0 atom stereocenters. The van der Waals surface area contributed by atoms with Crippen LogP contribution >= 0.6 is 0 Å². The summed E-state index contributed by atoms with van der Waals surface area (Å²) in [5, 5.41) is 11.6. The van der Waals surface area contributed by atoms with Gasteiger partial charge in [0.1, 0.15) is 5.75 Å². The lowest BCUT2D eigenvalue weighted by Gasteiger charge is -2.07. The molecule has 5 heteroatoms. The number of carboxylic acids is 1. The van der Waals surface area contributed by atoms with Crippen LogP contribution in [0.2, 0.25) is 0 Å². The van der Waals surface area contributed by atoms with Crippen LogP contribution in [-0.4, -0.2) is 24.1 Å². The number of hydrogen-bond acceptors (Lipinski definition) is 3. The highest BCUT2D eigenvalue weighted by Gasteiger charge is 2.05. The van der Waals surface area contributed by atoms with E-state index >= 15 is 0 Å². The largest absolute Gasteiger partial charge is 0.497 e. The van der Waals surface area contributed by atoms with Crippen LogP contribution in [0, 0.1) is 0 Å². The first kappa shape index (κ1) is 17.5. The van der Waals surface area contributed by atoms with Crippen LogP contribution in [0.5, 0.6) is 5.75 Å². The van der Waals surface area contributed by atoms with Crippen molar-refractivity contribution in [3.05, 3.63) is 59.7 Å². The number of ether oxygens (including phenoxy) is 1. The van der Waals surface area contributed by atoms with Crippen LogP contribution in [0.3, 0.4) is 0 Å². The lowest BCUT2D eigenvalue weighted by Crippen LogP contribution is -2.12. The normalized spacial score (nSPS) is 10.2. The van der Waals surface area contributed by atoms with Crippen LogP contribution in [0.15, 0.2) is 48.5 Å². The Morgan fingerprint density at radius 2 is 1.83 bits per heavy atom. The second-order valence-corrected chi connectivity index (χ2v) is 5.52. The van der Waals surface area contributed by atoms with Crippen molar-refractivity contribution in [2.75, 3.05) is 12.4 Å². The summed E-state index contributed by atoms with van der Waals surface area (Å²) in [6, 6.07) is 14.7. The standard InChI is InChI=1S/C19H21NO4/c1-24-17-10-8-14(9-11-17)4-3-7-18(21)20-16-6-2-5-15(12-16)13-19(22)23/h2,5-6,8-12H,3-4,7,13H2,1H3,(H,20,21)(H,22,23). The van der Waals surface area contributed by atoms with Gasteiger partial charge in [-0.2, -0.15) is 0 Å². The number of methoxy groups -OCH3 is 1. The van der Waals surface area contributed by atoms with E-state index in [0.717, 1.165) is 24.2 Å². The van der Waals surface area contributed by atoms with Gasteiger partial charge in [0.2, 0.25) is 5.91 Å². The molecule has 0 bridgehead atoms. The molecular formula is C19H21NO4. The lowest BCUT2D eigenvalue weighted by molar-refractivity contribution is -0.136. The second kappa shape index (κ2) is 8.72. The Kier molecular flexibility index (Phi) is 6.37. The zero-order chi connectivity index (χ0) is 17.4. The van der Waals surface area contributed by atoms with Gasteiger partial charge >= 0.3 is 5.97 Å². The molecule has 0 aromatic heterocycles. The minimum absolute atomic E-state index is 0.0544. The van der Waals surface area contributed by atoms with E-state index in [1.807, 2.05) is 24.3 Å². The number of amides is 1. The van der Waals surface area contributed by atoms with Gasteiger partial charge in [0, 0.05) is 12.1 Å². The molecule has 0 aliphatic carbocycles. The van der Waals surface area contributed by atoms with E-state index in [-0.39, 0.29) is 12.3 Å². The third-order valence-electron chi connectivity index (χ3n) is 3.59. The highest BCUT2D eigenvalue weighted by Crippen LogP contribution is 2.14. The summed E-state index contributed by atoms with van der Waals surface area (Å²) in [7, 11) is 1.63. The Morgan fingerprint density at radius 3 is 2.50 bits per heavy atom. The van der Waals surface area contributed by atoms with E-state index in [0.29, 0.717) is 17.7 Å². The fourth-order valence-electron chi connectivity index (χ4n) is 2.40. The molecule has 2 N–H and O–H groups in total. The Bertz CT molecular complexity index is 695. The first-order chi connectivity index (χ1) is 11.6. The van der Waals surface area contributed by atoms with Crippen LogP contribution in [0.25, 0.3) is 0 Å². The van der Waals surface area contributed by atoms with Crippen molar-refractivity contribution in [1.82, 2.24) is 0 Å². The van der Waals surface area contributed by atoms with Gasteiger partial charge < -0.3 is 15.2 Å². The summed E-state index contributed by atoms with van der Waals surface area (Å²) >= 11 is 0. The number of hydrogen-bond donors (Lipinski definition) is 2. The van der Waals surface area contributed by atoms with Crippen LogP contribution in [0.1, 0.15) is 24.0 Å². The molecule has 5 nitrogen and oxygen atoms in total. The zero-order valence-corrected chi connectivity index (χ0v) is 13.6. The summed E-state index contributed by atoms with van der Waals surface area (Å²) in [4.78, 5) is 22.7. The number of benzene rings is 2. The monoisotopic (exact) mass is 327 g/mol. The van der Waals surface area contributed by atoms with E-state index in [2.05, 4.69) is 5.32 Å². The Balaban J connectivity index is 1.79.